The number of hydrogen-bond acceptors (Lipinski definition) is 0. The zero-order valence-corrected chi connectivity index (χ0v) is 25.6. The van der Waals surface area contributed by atoms with E-state index in [0.29, 0.717) is 0 Å². The van der Waals surface area contributed by atoms with E-state index in [1.807, 2.05) is 6.08 Å². The predicted octanol–water partition coefficient (Wildman–Crippen LogP) is 12.6. The van der Waals surface area contributed by atoms with Gasteiger partial charge in [0.2, 0.25) is 0 Å². The summed E-state index contributed by atoms with van der Waals surface area (Å²) in [6, 6.07) is 9.08. The van der Waals surface area contributed by atoms with E-state index in [1.165, 1.54) is 145 Å². The molecule has 1 aromatic rings. The van der Waals surface area contributed by atoms with Crippen LogP contribution in [0.3, 0.4) is 0 Å². The molecule has 0 aliphatic rings. The molecule has 0 amide bonds. The van der Waals surface area contributed by atoms with Crippen LogP contribution in [-0.4, -0.2) is 18.5 Å². The van der Waals surface area contributed by atoms with Gasteiger partial charge in [0.25, 0.3) is 0 Å². The summed E-state index contributed by atoms with van der Waals surface area (Å²) < 4.78 is 0. The van der Waals surface area contributed by atoms with E-state index in [9.17, 15) is 0 Å². The van der Waals surface area contributed by atoms with Crippen LogP contribution in [0.2, 0.25) is 0 Å². The van der Waals surface area contributed by atoms with Crippen molar-refractivity contribution in [2.45, 2.75) is 143 Å². The van der Waals surface area contributed by atoms with Gasteiger partial charge in [-0.15, -0.1) is 0 Å². The summed E-state index contributed by atoms with van der Waals surface area (Å²) in [6.07, 6.45) is 31.6. The fourth-order valence-corrected chi connectivity index (χ4v) is 12.5. The molecule has 0 unspecified atom stereocenters. The molecule has 0 saturated carbocycles. The van der Waals surface area contributed by atoms with E-state index in [-0.39, 0.29) is 0 Å². The Balaban J connectivity index is 2.98. The molecule has 0 aliphatic carbocycles. The van der Waals surface area contributed by atoms with Crippen LogP contribution in [0.15, 0.2) is 30.8 Å². The molecule has 2 heteroatoms. The van der Waals surface area contributed by atoms with Gasteiger partial charge >= 0.3 is 226 Å². The van der Waals surface area contributed by atoms with Crippen molar-refractivity contribution in [3.8, 4) is 0 Å². The van der Waals surface area contributed by atoms with Crippen molar-refractivity contribution >= 4 is 23.3 Å². The standard InChI is InChI=1S/C33H60ClP/c1-5-9-12-15-18-21-27-35(34,28-22-19-16-13-10-6-2,29-23-20-17-14-11-7-3)31-33-26-24-25-32(8-4)30-33/h8,24-26,30H,4-7,9-23,27-29,31H2,1-3H3. The zero-order chi connectivity index (χ0) is 25.7. The first kappa shape index (κ1) is 32.7. The van der Waals surface area contributed by atoms with Gasteiger partial charge in [-0.3, -0.25) is 0 Å². The van der Waals surface area contributed by atoms with Gasteiger partial charge in [0, 0.05) is 0 Å². The first-order valence-corrected chi connectivity index (χ1v) is 19.3. The Bertz CT molecular complexity index is 609. The van der Waals surface area contributed by atoms with Crippen molar-refractivity contribution in [3.05, 3.63) is 42.0 Å². The van der Waals surface area contributed by atoms with Crippen molar-refractivity contribution < 1.29 is 0 Å². The third kappa shape index (κ3) is 14.9. The number of unbranched alkanes of at least 4 members (excludes halogenated alkanes) is 15. The van der Waals surface area contributed by atoms with Crippen molar-refractivity contribution in [2.75, 3.05) is 18.5 Å². The number of benzene rings is 1. The van der Waals surface area contributed by atoms with Gasteiger partial charge in [0.05, 0.1) is 0 Å². The second-order valence-corrected chi connectivity index (χ2v) is 19.6. The van der Waals surface area contributed by atoms with E-state index >= 15 is 0 Å². The molecule has 0 spiro atoms. The van der Waals surface area contributed by atoms with Crippen LogP contribution < -0.4 is 0 Å². The van der Waals surface area contributed by atoms with Gasteiger partial charge in [-0.1, -0.05) is 0 Å². The summed E-state index contributed by atoms with van der Waals surface area (Å²) >= 11 is 8.15. The summed E-state index contributed by atoms with van der Waals surface area (Å²) in [7, 11) is 0. The monoisotopic (exact) mass is 522 g/mol. The molecule has 0 nitrogen and oxygen atoms in total. The Morgan fingerprint density at radius 1 is 0.629 bits per heavy atom. The zero-order valence-electron chi connectivity index (χ0n) is 24.0. The molecule has 0 radical (unpaired) electrons. The van der Waals surface area contributed by atoms with Gasteiger partial charge in [0.15, 0.2) is 0 Å². The molecule has 0 atom stereocenters. The second kappa shape index (κ2) is 19.7. The van der Waals surface area contributed by atoms with Crippen molar-refractivity contribution in [1.82, 2.24) is 0 Å². The van der Waals surface area contributed by atoms with Crippen molar-refractivity contribution in [1.29, 1.82) is 0 Å². The number of halogens is 1. The van der Waals surface area contributed by atoms with Crippen molar-refractivity contribution in [3.63, 3.8) is 0 Å². The summed E-state index contributed by atoms with van der Waals surface area (Å²) in [5.74, 6) is -2.34. The number of rotatable bonds is 24. The molecule has 0 saturated heterocycles. The van der Waals surface area contributed by atoms with E-state index < -0.39 is 5.96 Å². The Kier molecular flexibility index (Phi) is 18.5. The van der Waals surface area contributed by atoms with E-state index in [1.54, 1.807) is 0 Å². The molecule has 1 rings (SSSR count). The summed E-state index contributed by atoms with van der Waals surface area (Å²) in [5.41, 5.74) is 2.70. The molecular formula is C33H60ClP. The van der Waals surface area contributed by atoms with Gasteiger partial charge in [-0.25, -0.2) is 0 Å². The van der Waals surface area contributed by atoms with Gasteiger partial charge in [-0.2, -0.15) is 0 Å². The molecule has 0 aliphatic heterocycles. The molecule has 35 heavy (non-hydrogen) atoms. The Morgan fingerprint density at radius 2 is 1.03 bits per heavy atom. The molecular weight excluding hydrogens is 463 g/mol. The van der Waals surface area contributed by atoms with Crippen LogP contribution in [0.5, 0.6) is 0 Å². The van der Waals surface area contributed by atoms with E-state index in [0.717, 1.165) is 6.16 Å². The maximum atomic E-state index is 8.15. The van der Waals surface area contributed by atoms with Gasteiger partial charge in [-0.05, 0) is 0 Å². The molecule has 0 heterocycles. The molecule has 0 aromatic heterocycles. The molecule has 204 valence electrons. The Hall–Kier alpha value is -0.320. The summed E-state index contributed by atoms with van der Waals surface area (Å²) in [6.45, 7) is 10.9. The molecule has 0 fully saturated rings. The Labute approximate surface area is 225 Å². The topological polar surface area (TPSA) is 0 Å². The third-order valence-electron chi connectivity index (χ3n) is 7.98. The SMILES string of the molecule is C=Cc1cccc(CP(Cl)(CCCCCCCC)(CCCCCCCC)CCCCCCCC)c1. The predicted molar refractivity (Wildman–Crippen MR) is 168 cm³/mol. The van der Waals surface area contributed by atoms with Crippen LogP contribution in [0.4, 0.5) is 0 Å². The van der Waals surface area contributed by atoms with Crippen LogP contribution in [0, 0.1) is 0 Å². The van der Waals surface area contributed by atoms with Gasteiger partial charge < -0.3 is 0 Å². The van der Waals surface area contributed by atoms with Crippen LogP contribution in [0.25, 0.3) is 6.08 Å². The summed E-state index contributed by atoms with van der Waals surface area (Å²) in [4.78, 5) is 0. The minimum atomic E-state index is -2.34. The molecule has 0 bridgehead atoms. The fourth-order valence-electron chi connectivity index (χ4n) is 5.71. The van der Waals surface area contributed by atoms with E-state index in [2.05, 4.69) is 51.6 Å². The first-order chi connectivity index (χ1) is 17.0. The number of hydrogen-bond donors (Lipinski definition) is 0. The second-order valence-electron chi connectivity index (χ2n) is 11.4. The normalized spacial score (nSPS) is 13.0. The van der Waals surface area contributed by atoms with Crippen molar-refractivity contribution in [2.24, 2.45) is 0 Å². The van der Waals surface area contributed by atoms with E-state index in [4.69, 9.17) is 11.2 Å². The quantitative estimate of drug-likeness (QED) is 0.0934. The van der Waals surface area contributed by atoms with Crippen LogP contribution in [0.1, 0.15) is 147 Å². The maximum absolute atomic E-state index is 8.15. The van der Waals surface area contributed by atoms with Crippen LogP contribution in [-0.2, 0) is 6.16 Å². The average molecular weight is 523 g/mol. The molecule has 0 N–H and O–H groups in total. The summed E-state index contributed by atoms with van der Waals surface area (Å²) in [5, 5.41) is 0. The average Bonchev–Trinajstić information content (AvgIpc) is 2.86. The van der Waals surface area contributed by atoms with Crippen LogP contribution >= 0.6 is 17.2 Å². The molecule has 1 aromatic carbocycles. The minimum absolute atomic E-state index is 1.13. The fraction of sp³-hybridized carbons (Fsp3) is 0.758. The third-order valence-corrected chi connectivity index (χ3v) is 15.3. The Morgan fingerprint density at radius 3 is 1.43 bits per heavy atom. The van der Waals surface area contributed by atoms with Gasteiger partial charge in [0.1, 0.15) is 0 Å². The first-order valence-electron chi connectivity index (χ1n) is 15.4.